The Morgan fingerprint density at radius 2 is 1.88 bits per heavy atom. The van der Waals surface area contributed by atoms with Crippen molar-refractivity contribution in [1.82, 2.24) is 5.32 Å². The molecule has 2 aromatic carbocycles. The van der Waals surface area contributed by atoms with E-state index in [1.165, 1.54) is 0 Å². The zero-order valence-corrected chi connectivity index (χ0v) is 14.6. The van der Waals surface area contributed by atoms with Gasteiger partial charge in [0.15, 0.2) is 0 Å². The van der Waals surface area contributed by atoms with E-state index in [0.29, 0.717) is 27.8 Å². The van der Waals surface area contributed by atoms with Crippen molar-refractivity contribution in [1.29, 1.82) is 0 Å². The third-order valence-electron chi connectivity index (χ3n) is 3.53. The summed E-state index contributed by atoms with van der Waals surface area (Å²) in [6, 6.07) is 11.8. The van der Waals surface area contributed by atoms with Crippen LogP contribution < -0.4 is 15.8 Å². The van der Waals surface area contributed by atoms with Gasteiger partial charge in [-0.05, 0) is 41.8 Å². The van der Waals surface area contributed by atoms with Gasteiger partial charge in [-0.25, -0.2) is 4.79 Å². The summed E-state index contributed by atoms with van der Waals surface area (Å²) in [7, 11) is 0. The van der Waals surface area contributed by atoms with E-state index in [9.17, 15) is 4.79 Å². The fourth-order valence-corrected chi connectivity index (χ4v) is 2.60. The predicted octanol–water partition coefficient (Wildman–Crippen LogP) is 5.07. The van der Waals surface area contributed by atoms with Crippen LogP contribution in [-0.4, -0.2) is 11.2 Å². The molecule has 0 aliphatic heterocycles. The third-order valence-corrected chi connectivity index (χ3v) is 3.77. The quantitative estimate of drug-likeness (QED) is 0.673. The Kier molecular flexibility index (Phi) is 5.24. The van der Waals surface area contributed by atoms with Crippen LogP contribution in [0.5, 0.6) is 11.5 Å². The van der Waals surface area contributed by atoms with Crippen molar-refractivity contribution in [2.45, 2.75) is 26.8 Å². The number of rotatable bonds is 4. The molecule has 0 fully saturated rings. The number of hydrogen-bond acceptors (Lipinski definition) is 3. The first-order chi connectivity index (χ1) is 11.2. The second-order valence-corrected chi connectivity index (χ2v) is 7.04. The summed E-state index contributed by atoms with van der Waals surface area (Å²) in [5.74, 6) is 1.15. The molecule has 6 heteroatoms. The second kappa shape index (κ2) is 7.01. The van der Waals surface area contributed by atoms with Crippen LogP contribution in [0.4, 0.5) is 10.5 Å². The minimum atomic E-state index is -1.10. The first-order valence-corrected chi connectivity index (χ1v) is 7.87. The summed E-state index contributed by atoms with van der Waals surface area (Å²) < 4.78 is 5.81. The molecule has 1 unspecified atom stereocenters. The van der Waals surface area contributed by atoms with Crippen LogP contribution in [0.3, 0.4) is 0 Å². The molecule has 1 amide bonds. The molecule has 0 saturated heterocycles. The fraction of sp³-hybridized carbons (Fsp3) is 0.278. The zero-order valence-electron chi connectivity index (χ0n) is 13.8. The Hall–Kier alpha value is -2.40. The van der Waals surface area contributed by atoms with Gasteiger partial charge in [-0.15, -0.1) is 0 Å². The van der Waals surface area contributed by atoms with E-state index in [2.05, 4.69) is 5.32 Å². The summed E-state index contributed by atoms with van der Waals surface area (Å²) in [5.41, 5.74) is 6.88. The fourth-order valence-electron chi connectivity index (χ4n) is 2.42. The zero-order chi connectivity index (χ0) is 17.9. The Morgan fingerprint density at radius 3 is 2.46 bits per heavy atom. The maximum Gasteiger partial charge on any atom is 0.405 e. The van der Waals surface area contributed by atoms with Crippen molar-refractivity contribution in [2.75, 3.05) is 5.73 Å². The lowest BCUT2D eigenvalue weighted by Crippen LogP contribution is -2.36. The highest BCUT2D eigenvalue weighted by molar-refractivity contribution is 6.30. The van der Waals surface area contributed by atoms with Crippen molar-refractivity contribution in [3.05, 3.63) is 53.1 Å². The van der Waals surface area contributed by atoms with E-state index in [1.807, 2.05) is 20.8 Å². The summed E-state index contributed by atoms with van der Waals surface area (Å²) in [4.78, 5) is 11.2. The Labute approximate surface area is 146 Å². The van der Waals surface area contributed by atoms with E-state index >= 15 is 0 Å². The van der Waals surface area contributed by atoms with E-state index in [-0.39, 0.29) is 5.41 Å². The number of anilines is 1. The van der Waals surface area contributed by atoms with Crippen molar-refractivity contribution in [3.63, 3.8) is 0 Å². The lowest BCUT2D eigenvalue weighted by Gasteiger charge is -2.32. The second-order valence-electron chi connectivity index (χ2n) is 6.60. The average molecular weight is 349 g/mol. The highest BCUT2D eigenvalue weighted by Gasteiger charge is 2.29. The SMILES string of the molecule is CC(C)(C)C(NC(=O)O)c1cc(Oc2cccc(Cl)c2)ccc1N. The monoisotopic (exact) mass is 348 g/mol. The summed E-state index contributed by atoms with van der Waals surface area (Å²) in [6.45, 7) is 5.83. The number of carbonyl (C=O) groups is 1. The molecule has 0 aliphatic carbocycles. The maximum absolute atomic E-state index is 11.2. The largest absolute Gasteiger partial charge is 0.465 e. The number of benzene rings is 2. The highest BCUT2D eigenvalue weighted by Crippen LogP contribution is 2.38. The summed E-state index contributed by atoms with van der Waals surface area (Å²) in [6.07, 6.45) is -1.10. The van der Waals surface area contributed by atoms with E-state index in [4.69, 9.17) is 27.2 Å². The number of halogens is 1. The number of nitrogens with one attached hydrogen (secondary N) is 1. The molecule has 0 aliphatic rings. The number of amides is 1. The molecular formula is C18H21ClN2O3. The molecule has 0 heterocycles. The van der Waals surface area contributed by atoms with Gasteiger partial charge in [-0.3, -0.25) is 0 Å². The van der Waals surface area contributed by atoms with Crippen LogP contribution in [0.2, 0.25) is 5.02 Å². The molecule has 0 radical (unpaired) electrons. The van der Waals surface area contributed by atoms with Crippen molar-refractivity contribution in [3.8, 4) is 11.5 Å². The normalized spacial score (nSPS) is 12.5. The van der Waals surface area contributed by atoms with Gasteiger partial charge in [-0.2, -0.15) is 0 Å². The highest BCUT2D eigenvalue weighted by atomic mass is 35.5. The first kappa shape index (κ1) is 17.9. The molecule has 128 valence electrons. The Bertz CT molecular complexity index is 741. The third kappa shape index (κ3) is 4.55. The lowest BCUT2D eigenvalue weighted by molar-refractivity contribution is 0.175. The topological polar surface area (TPSA) is 84.6 Å². The molecule has 2 aromatic rings. The van der Waals surface area contributed by atoms with Crippen LogP contribution in [0.25, 0.3) is 0 Å². The van der Waals surface area contributed by atoms with Gasteiger partial charge in [0.05, 0.1) is 6.04 Å². The molecule has 24 heavy (non-hydrogen) atoms. The molecule has 0 spiro atoms. The van der Waals surface area contributed by atoms with Crippen molar-refractivity contribution < 1.29 is 14.6 Å². The van der Waals surface area contributed by atoms with Gasteiger partial charge < -0.3 is 20.9 Å². The summed E-state index contributed by atoms with van der Waals surface area (Å²) >= 11 is 5.96. The standard InChI is InChI=1S/C18H21ClN2O3/c1-18(2,3)16(21-17(22)23)14-10-13(7-8-15(14)20)24-12-6-4-5-11(19)9-12/h4-10,16,21H,20H2,1-3H3,(H,22,23). The maximum atomic E-state index is 11.2. The molecule has 0 saturated carbocycles. The van der Waals surface area contributed by atoms with Crippen LogP contribution in [0.15, 0.2) is 42.5 Å². The van der Waals surface area contributed by atoms with E-state index < -0.39 is 12.1 Å². The van der Waals surface area contributed by atoms with Crippen LogP contribution in [0.1, 0.15) is 32.4 Å². The minimum absolute atomic E-state index is 0.360. The average Bonchev–Trinajstić information content (AvgIpc) is 2.46. The molecule has 4 N–H and O–H groups in total. The van der Waals surface area contributed by atoms with E-state index in [1.54, 1.807) is 42.5 Å². The minimum Gasteiger partial charge on any atom is -0.465 e. The van der Waals surface area contributed by atoms with Crippen LogP contribution in [0, 0.1) is 5.41 Å². The predicted molar refractivity (Wildman–Crippen MR) is 95.7 cm³/mol. The first-order valence-electron chi connectivity index (χ1n) is 7.49. The smallest absolute Gasteiger partial charge is 0.405 e. The Balaban J connectivity index is 2.38. The molecular weight excluding hydrogens is 328 g/mol. The molecule has 5 nitrogen and oxygen atoms in total. The Morgan fingerprint density at radius 1 is 1.21 bits per heavy atom. The number of hydrogen-bond donors (Lipinski definition) is 3. The molecule has 2 rings (SSSR count). The van der Waals surface area contributed by atoms with Gasteiger partial charge in [0.1, 0.15) is 11.5 Å². The van der Waals surface area contributed by atoms with Crippen LogP contribution in [-0.2, 0) is 0 Å². The van der Waals surface area contributed by atoms with Crippen molar-refractivity contribution >= 4 is 23.4 Å². The molecule has 1 atom stereocenters. The molecule has 0 aromatic heterocycles. The summed E-state index contributed by atoms with van der Waals surface area (Å²) in [5, 5.41) is 12.2. The number of ether oxygens (including phenoxy) is 1. The van der Waals surface area contributed by atoms with Gasteiger partial charge in [-0.1, -0.05) is 38.4 Å². The number of carboxylic acid groups (broad SMARTS) is 1. The molecule has 0 bridgehead atoms. The van der Waals surface area contributed by atoms with Crippen molar-refractivity contribution in [2.24, 2.45) is 5.41 Å². The van der Waals surface area contributed by atoms with E-state index in [0.717, 1.165) is 0 Å². The van der Waals surface area contributed by atoms with Gasteiger partial charge in [0, 0.05) is 16.3 Å². The van der Waals surface area contributed by atoms with Gasteiger partial charge in [0.2, 0.25) is 0 Å². The lowest BCUT2D eigenvalue weighted by atomic mass is 9.81. The number of nitrogen functional groups attached to an aromatic ring is 1. The number of nitrogens with two attached hydrogens (primary N) is 1. The van der Waals surface area contributed by atoms with Crippen LogP contribution >= 0.6 is 11.6 Å². The van der Waals surface area contributed by atoms with Gasteiger partial charge >= 0.3 is 6.09 Å². The van der Waals surface area contributed by atoms with Gasteiger partial charge in [0.25, 0.3) is 0 Å².